The molecule has 1 aromatic rings. The van der Waals surface area contributed by atoms with E-state index in [1.807, 2.05) is 0 Å². The van der Waals surface area contributed by atoms with Gasteiger partial charge in [-0.05, 0) is 22.6 Å². The molecule has 10 heteroatoms. The minimum Gasteiger partial charge on any atom is -0.387 e. The normalized spacial score (nSPS) is 11.1. The summed E-state index contributed by atoms with van der Waals surface area (Å²) in [5.74, 6) is -1.01. The Kier molecular flexibility index (Phi) is 3.85. The first kappa shape index (κ1) is 13.6. The zero-order valence-electron chi connectivity index (χ0n) is 7.69. The van der Waals surface area contributed by atoms with Gasteiger partial charge in [0.25, 0.3) is 0 Å². The maximum atomic E-state index is 11.9. The van der Waals surface area contributed by atoms with Crippen molar-refractivity contribution < 1.29 is 27.6 Å². The molecule has 1 aromatic heterocycles. The van der Waals surface area contributed by atoms with Crippen molar-refractivity contribution in [3.63, 3.8) is 0 Å². The highest BCUT2D eigenvalue weighted by molar-refractivity contribution is 14.1. The largest absolute Gasteiger partial charge is 0.574 e. The fourth-order valence-electron chi connectivity index (χ4n) is 0.898. The van der Waals surface area contributed by atoms with Crippen molar-refractivity contribution in [1.29, 1.82) is 0 Å². The second kappa shape index (κ2) is 4.81. The molecule has 17 heavy (non-hydrogen) atoms. The Balaban J connectivity index is 3.31. The van der Waals surface area contributed by atoms with Crippen LogP contribution < -0.4 is 4.74 Å². The van der Waals surface area contributed by atoms with E-state index in [0.29, 0.717) is 6.20 Å². The van der Waals surface area contributed by atoms with E-state index < -0.39 is 28.4 Å². The average Bonchev–Trinajstić information content (AvgIpc) is 2.15. The number of ether oxygens (including phenoxy) is 1. The van der Waals surface area contributed by atoms with Crippen molar-refractivity contribution in [3.8, 4) is 5.88 Å². The van der Waals surface area contributed by atoms with Crippen LogP contribution in [-0.2, 0) is 0 Å². The molecule has 0 spiro atoms. The fraction of sp³-hybridized carbons (Fsp3) is 0.143. The predicted molar refractivity (Wildman–Crippen MR) is 55.7 cm³/mol. The number of nitrogens with zero attached hydrogens (tertiary/aromatic N) is 2. The SMILES string of the molecule is O=Cc1c(OC(F)(F)F)ncc([N+](=O)[O-])c1I. The summed E-state index contributed by atoms with van der Waals surface area (Å²) >= 11 is 1.37. The summed E-state index contributed by atoms with van der Waals surface area (Å²) in [5.41, 5.74) is -1.18. The Morgan fingerprint density at radius 1 is 1.53 bits per heavy atom. The quantitative estimate of drug-likeness (QED) is 0.357. The van der Waals surface area contributed by atoms with Crippen LogP contribution in [-0.4, -0.2) is 22.6 Å². The highest BCUT2D eigenvalue weighted by Gasteiger charge is 2.34. The van der Waals surface area contributed by atoms with Gasteiger partial charge in [0.2, 0.25) is 5.88 Å². The molecule has 0 aliphatic heterocycles. The van der Waals surface area contributed by atoms with Crippen LogP contribution in [0.15, 0.2) is 6.20 Å². The first-order valence-corrected chi connectivity index (χ1v) is 4.88. The highest BCUT2D eigenvalue weighted by Crippen LogP contribution is 2.31. The van der Waals surface area contributed by atoms with Gasteiger partial charge in [0.1, 0.15) is 9.77 Å². The third-order valence-corrected chi connectivity index (χ3v) is 2.66. The Hall–Kier alpha value is -1.46. The van der Waals surface area contributed by atoms with Gasteiger partial charge in [-0.15, -0.1) is 13.2 Å². The summed E-state index contributed by atoms with van der Waals surface area (Å²) in [6.45, 7) is 0. The van der Waals surface area contributed by atoms with Gasteiger partial charge >= 0.3 is 12.0 Å². The van der Waals surface area contributed by atoms with Crippen LogP contribution in [0.4, 0.5) is 18.9 Å². The van der Waals surface area contributed by atoms with Crippen molar-refractivity contribution >= 4 is 34.6 Å². The van der Waals surface area contributed by atoms with Crippen molar-refractivity contribution in [2.24, 2.45) is 0 Å². The fourth-order valence-corrected chi connectivity index (χ4v) is 1.59. The second-order valence-corrected chi connectivity index (χ2v) is 3.68. The predicted octanol–water partition coefficient (Wildman–Crippen LogP) is 2.31. The van der Waals surface area contributed by atoms with E-state index in [1.165, 1.54) is 22.6 Å². The van der Waals surface area contributed by atoms with Crippen LogP contribution in [0.2, 0.25) is 0 Å². The van der Waals surface area contributed by atoms with E-state index in [-0.39, 0.29) is 9.86 Å². The van der Waals surface area contributed by atoms with E-state index in [1.54, 1.807) is 0 Å². The lowest BCUT2D eigenvalue weighted by atomic mass is 10.3. The molecular weight excluding hydrogens is 360 g/mol. The number of aromatic nitrogens is 1. The van der Waals surface area contributed by atoms with Crippen LogP contribution in [0.3, 0.4) is 0 Å². The number of rotatable bonds is 3. The number of alkyl halides is 3. The molecule has 0 saturated carbocycles. The number of halogens is 4. The van der Waals surface area contributed by atoms with Gasteiger partial charge in [0.05, 0.1) is 10.5 Å². The third-order valence-electron chi connectivity index (χ3n) is 1.52. The second-order valence-electron chi connectivity index (χ2n) is 2.60. The van der Waals surface area contributed by atoms with E-state index >= 15 is 0 Å². The minimum atomic E-state index is -5.02. The summed E-state index contributed by atoms with van der Waals surface area (Å²) in [6, 6.07) is 0. The van der Waals surface area contributed by atoms with Gasteiger partial charge in [-0.3, -0.25) is 14.9 Å². The number of nitro groups is 1. The number of hydrogen-bond acceptors (Lipinski definition) is 5. The average molecular weight is 362 g/mol. The molecule has 0 N–H and O–H groups in total. The van der Waals surface area contributed by atoms with Crippen LogP contribution in [0.25, 0.3) is 0 Å². The van der Waals surface area contributed by atoms with Crippen molar-refractivity contribution in [1.82, 2.24) is 4.98 Å². The Morgan fingerprint density at radius 3 is 2.53 bits per heavy atom. The number of carbonyl (C=O) groups is 1. The van der Waals surface area contributed by atoms with Gasteiger partial charge in [-0.25, -0.2) is 4.98 Å². The molecule has 0 atom stereocenters. The molecule has 1 heterocycles. The topological polar surface area (TPSA) is 82.3 Å². The monoisotopic (exact) mass is 362 g/mol. The molecule has 0 fully saturated rings. The summed E-state index contributed by atoms with van der Waals surface area (Å²) in [7, 11) is 0. The third kappa shape index (κ3) is 3.25. The van der Waals surface area contributed by atoms with Crippen LogP contribution >= 0.6 is 22.6 Å². The zero-order chi connectivity index (χ0) is 13.2. The summed E-state index contributed by atoms with van der Waals surface area (Å²) < 4.78 is 39.0. The number of carbonyl (C=O) groups excluding carboxylic acids is 1. The minimum absolute atomic E-state index is 0.0167. The maximum Gasteiger partial charge on any atom is 0.574 e. The number of pyridine rings is 1. The summed E-state index contributed by atoms with van der Waals surface area (Å²) in [4.78, 5) is 23.3. The van der Waals surface area contributed by atoms with Gasteiger partial charge in [0, 0.05) is 0 Å². The van der Waals surface area contributed by atoms with Crippen molar-refractivity contribution in [3.05, 3.63) is 25.4 Å². The van der Waals surface area contributed by atoms with Crippen molar-refractivity contribution in [2.45, 2.75) is 6.36 Å². The molecule has 0 aromatic carbocycles. The van der Waals surface area contributed by atoms with Crippen LogP contribution in [0.1, 0.15) is 10.4 Å². The number of aldehydes is 1. The highest BCUT2D eigenvalue weighted by atomic mass is 127. The van der Waals surface area contributed by atoms with E-state index in [0.717, 1.165) is 0 Å². The van der Waals surface area contributed by atoms with E-state index in [9.17, 15) is 28.1 Å². The molecule has 0 unspecified atom stereocenters. The Bertz CT molecular complexity index is 477. The maximum absolute atomic E-state index is 11.9. The van der Waals surface area contributed by atoms with Gasteiger partial charge < -0.3 is 4.74 Å². The molecule has 1 rings (SSSR count). The Morgan fingerprint density at radius 2 is 2.12 bits per heavy atom. The molecule has 0 bridgehead atoms. The molecule has 0 saturated heterocycles. The Labute approximate surface area is 105 Å². The zero-order valence-corrected chi connectivity index (χ0v) is 9.85. The number of hydrogen-bond donors (Lipinski definition) is 0. The van der Waals surface area contributed by atoms with Crippen LogP contribution in [0.5, 0.6) is 5.88 Å². The first-order valence-electron chi connectivity index (χ1n) is 3.80. The molecular formula is C7H2F3IN2O4. The standard InChI is InChI=1S/C7H2F3IN2O4/c8-7(9,10)17-6-3(2-14)5(11)4(1-12-6)13(15)16/h1-2H. The molecule has 92 valence electrons. The van der Waals surface area contributed by atoms with Gasteiger partial charge in [-0.2, -0.15) is 0 Å². The molecule has 0 aliphatic carbocycles. The van der Waals surface area contributed by atoms with Gasteiger partial charge in [-0.1, -0.05) is 0 Å². The van der Waals surface area contributed by atoms with Gasteiger partial charge in [0.15, 0.2) is 6.29 Å². The van der Waals surface area contributed by atoms with Crippen LogP contribution in [0, 0.1) is 13.7 Å². The smallest absolute Gasteiger partial charge is 0.387 e. The first-order chi connectivity index (χ1) is 7.76. The van der Waals surface area contributed by atoms with E-state index in [4.69, 9.17) is 0 Å². The lowest BCUT2D eigenvalue weighted by Crippen LogP contribution is -2.19. The van der Waals surface area contributed by atoms with Crippen molar-refractivity contribution in [2.75, 3.05) is 0 Å². The lowest BCUT2D eigenvalue weighted by Gasteiger charge is -2.10. The lowest BCUT2D eigenvalue weighted by molar-refractivity contribution is -0.386. The molecule has 0 aliphatic rings. The summed E-state index contributed by atoms with van der Waals surface area (Å²) in [6.07, 6.45) is -4.41. The molecule has 6 nitrogen and oxygen atoms in total. The summed E-state index contributed by atoms with van der Waals surface area (Å²) in [5, 5.41) is 10.5. The molecule has 0 amide bonds. The van der Waals surface area contributed by atoms with E-state index in [2.05, 4.69) is 9.72 Å². The molecule has 0 radical (unpaired) electrons.